The minimum Gasteiger partial charge on any atom is -0.369 e. The first-order valence-electron chi connectivity index (χ1n) is 9.68. The molecule has 142 valence electrons. The van der Waals surface area contributed by atoms with Gasteiger partial charge < -0.3 is 15.5 Å². The largest absolute Gasteiger partial charge is 0.369 e. The van der Waals surface area contributed by atoms with E-state index in [2.05, 4.69) is 38.5 Å². The van der Waals surface area contributed by atoms with E-state index >= 15 is 0 Å². The van der Waals surface area contributed by atoms with Gasteiger partial charge in [-0.05, 0) is 23.9 Å². The Bertz CT molecular complexity index is 1020. The van der Waals surface area contributed by atoms with Gasteiger partial charge in [-0.3, -0.25) is 9.36 Å². The van der Waals surface area contributed by atoms with Crippen molar-refractivity contribution in [3.8, 4) is 0 Å². The second-order valence-corrected chi connectivity index (χ2v) is 7.04. The topological polar surface area (TPSA) is 75.1 Å². The van der Waals surface area contributed by atoms with Crippen molar-refractivity contribution >= 4 is 33.4 Å². The highest BCUT2D eigenvalue weighted by atomic mass is 16.1. The van der Waals surface area contributed by atoms with Crippen molar-refractivity contribution in [1.82, 2.24) is 19.9 Å². The van der Waals surface area contributed by atoms with Crippen molar-refractivity contribution in [2.75, 3.05) is 42.9 Å². The summed E-state index contributed by atoms with van der Waals surface area (Å²) < 4.78 is 1.63. The minimum atomic E-state index is -0.0207. The zero-order valence-corrected chi connectivity index (χ0v) is 16.0. The molecule has 0 aliphatic carbocycles. The Hall–Kier alpha value is -2.67. The van der Waals surface area contributed by atoms with E-state index in [1.807, 2.05) is 18.3 Å². The molecule has 1 aromatic carbocycles. The predicted octanol–water partition coefficient (Wildman–Crippen LogP) is 2.10. The van der Waals surface area contributed by atoms with Gasteiger partial charge in [0.05, 0.1) is 5.39 Å². The molecule has 3 heterocycles. The zero-order valence-electron chi connectivity index (χ0n) is 16.0. The fraction of sp³-hybridized carbons (Fsp3) is 0.450. The van der Waals surface area contributed by atoms with Gasteiger partial charge in [0.2, 0.25) is 5.95 Å². The fourth-order valence-corrected chi connectivity index (χ4v) is 3.62. The van der Waals surface area contributed by atoms with Gasteiger partial charge in [-0.25, -0.2) is 4.98 Å². The lowest BCUT2D eigenvalue weighted by atomic mass is 10.1. The Labute approximate surface area is 158 Å². The van der Waals surface area contributed by atoms with Gasteiger partial charge in [-0.2, -0.15) is 4.98 Å². The third kappa shape index (κ3) is 3.35. The number of aryl methyl sites for hydroxylation is 1. The van der Waals surface area contributed by atoms with E-state index in [0.29, 0.717) is 11.6 Å². The first-order valence-corrected chi connectivity index (χ1v) is 9.68. The highest BCUT2D eigenvalue weighted by molar-refractivity contribution is 6.05. The average Bonchev–Trinajstić information content (AvgIpc) is 2.72. The maximum Gasteiger partial charge on any atom is 0.259 e. The van der Waals surface area contributed by atoms with Crippen molar-refractivity contribution in [2.45, 2.75) is 19.8 Å². The molecule has 1 aliphatic heterocycles. The predicted molar refractivity (Wildman–Crippen MR) is 111 cm³/mol. The first kappa shape index (κ1) is 17.7. The molecule has 1 saturated heterocycles. The normalized spacial score (nSPS) is 14.8. The number of pyridine rings is 1. The molecule has 3 aromatic rings. The number of hydrogen-bond acceptors (Lipinski definition) is 6. The van der Waals surface area contributed by atoms with Crippen LogP contribution in [0.4, 0.5) is 11.6 Å². The Morgan fingerprint density at radius 3 is 2.78 bits per heavy atom. The molecule has 7 nitrogen and oxygen atoms in total. The summed E-state index contributed by atoms with van der Waals surface area (Å²) in [4.78, 5) is 24.4. The van der Waals surface area contributed by atoms with E-state index < -0.39 is 0 Å². The number of aromatic nitrogens is 3. The lowest BCUT2D eigenvalue weighted by Crippen LogP contribution is -2.43. The molecule has 2 N–H and O–H groups in total. The van der Waals surface area contributed by atoms with Crippen LogP contribution in [0.5, 0.6) is 0 Å². The smallest absolute Gasteiger partial charge is 0.259 e. The average molecular weight is 366 g/mol. The Balaban J connectivity index is 1.80. The number of nitrogens with one attached hydrogen (secondary N) is 2. The molecule has 7 heteroatoms. The van der Waals surface area contributed by atoms with Crippen LogP contribution in [0.2, 0.25) is 0 Å². The first-order chi connectivity index (χ1) is 13.2. The van der Waals surface area contributed by atoms with Gasteiger partial charge in [-0.1, -0.05) is 19.4 Å². The van der Waals surface area contributed by atoms with Crippen LogP contribution in [-0.2, 0) is 7.05 Å². The summed E-state index contributed by atoms with van der Waals surface area (Å²) in [5, 5.41) is 9.13. The van der Waals surface area contributed by atoms with Crippen LogP contribution < -0.4 is 21.1 Å². The van der Waals surface area contributed by atoms with Gasteiger partial charge >= 0.3 is 0 Å². The second-order valence-electron chi connectivity index (χ2n) is 7.04. The van der Waals surface area contributed by atoms with E-state index in [1.54, 1.807) is 11.6 Å². The van der Waals surface area contributed by atoms with Crippen LogP contribution in [0.15, 0.2) is 29.2 Å². The fourth-order valence-electron chi connectivity index (χ4n) is 3.62. The molecule has 0 amide bonds. The molecule has 0 saturated carbocycles. The van der Waals surface area contributed by atoms with Crippen molar-refractivity contribution in [3.05, 3.63) is 34.7 Å². The van der Waals surface area contributed by atoms with E-state index in [1.165, 1.54) is 0 Å². The number of nitrogens with zero attached hydrogens (tertiary/aromatic N) is 4. The molecule has 0 bridgehead atoms. The highest BCUT2D eigenvalue weighted by Gasteiger charge is 2.15. The van der Waals surface area contributed by atoms with Gasteiger partial charge in [-0.15, -0.1) is 0 Å². The molecule has 0 spiro atoms. The van der Waals surface area contributed by atoms with Crippen LogP contribution in [0.1, 0.15) is 19.8 Å². The summed E-state index contributed by atoms with van der Waals surface area (Å²) in [6.45, 7) is 6.82. The molecule has 0 atom stereocenters. The third-order valence-electron chi connectivity index (χ3n) is 5.21. The number of unbranched alkanes of at least 4 members (excludes halogenated alkanes) is 1. The number of hydrogen-bond donors (Lipinski definition) is 2. The maximum absolute atomic E-state index is 13.0. The van der Waals surface area contributed by atoms with Crippen LogP contribution in [0.25, 0.3) is 21.8 Å². The highest BCUT2D eigenvalue weighted by Crippen LogP contribution is 2.26. The molecule has 4 rings (SSSR count). The molecule has 27 heavy (non-hydrogen) atoms. The number of fused-ring (bicyclic) bond motifs is 3. The van der Waals surface area contributed by atoms with Crippen LogP contribution >= 0.6 is 0 Å². The summed E-state index contributed by atoms with van der Waals surface area (Å²) in [5.74, 6) is 0.572. The minimum absolute atomic E-state index is 0.0207. The molecule has 1 fully saturated rings. The summed E-state index contributed by atoms with van der Waals surface area (Å²) in [5.41, 5.74) is 1.74. The summed E-state index contributed by atoms with van der Waals surface area (Å²) in [7, 11) is 1.78. The molecule has 1 aliphatic rings. The lowest BCUT2D eigenvalue weighted by Gasteiger charge is -2.29. The maximum atomic E-state index is 13.0. The number of benzene rings is 1. The standard InChI is InChI=1S/C20H26N6O/c1-3-4-7-22-20-23-13-17-15-6-5-14(26-10-8-21-9-11-26)12-16(15)19(27)25(2)18(17)24-20/h5-6,12-13,21H,3-4,7-11H2,1-2H3,(H,22,23,24). The lowest BCUT2D eigenvalue weighted by molar-refractivity contribution is 0.589. The van der Waals surface area contributed by atoms with Gasteiger partial charge in [0.15, 0.2) is 0 Å². The molecule has 0 radical (unpaired) electrons. The molecular weight excluding hydrogens is 340 g/mol. The van der Waals surface area contributed by atoms with Crippen LogP contribution in [0.3, 0.4) is 0 Å². The number of anilines is 2. The number of rotatable bonds is 5. The van der Waals surface area contributed by atoms with Crippen molar-refractivity contribution in [2.24, 2.45) is 7.05 Å². The van der Waals surface area contributed by atoms with Gasteiger partial charge in [0, 0.05) is 57.0 Å². The van der Waals surface area contributed by atoms with Gasteiger partial charge in [0.25, 0.3) is 5.56 Å². The van der Waals surface area contributed by atoms with Crippen molar-refractivity contribution in [1.29, 1.82) is 0 Å². The van der Waals surface area contributed by atoms with E-state index in [9.17, 15) is 4.79 Å². The third-order valence-corrected chi connectivity index (χ3v) is 5.21. The quantitative estimate of drug-likeness (QED) is 0.532. The monoisotopic (exact) mass is 366 g/mol. The number of piperazine rings is 1. The molecule has 0 unspecified atom stereocenters. The van der Waals surface area contributed by atoms with Crippen LogP contribution in [0, 0.1) is 0 Å². The second kappa shape index (κ2) is 7.52. The van der Waals surface area contributed by atoms with E-state index in [0.717, 1.165) is 67.4 Å². The Morgan fingerprint density at radius 2 is 2.00 bits per heavy atom. The summed E-state index contributed by atoms with van der Waals surface area (Å²) in [6, 6.07) is 6.14. The molecule has 2 aromatic heterocycles. The zero-order chi connectivity index (χ0) is 18.8. The Morgan fingerprint density at radius 1 is 1.19 bits per heavy atom. The van der Waals surface area contributed by atoms with Crippen molar-refractivity contribution < 1.29 is 0 Å². The van der Waals surface area contributed by atoms with E-state index in [-0.39, 0.29) is 5.56 Å². The SMILES string of the molecule is CCCCNc1ncc2c3ccc(N4CCNCC4)cc3c(=O)n(C)c2n1. The summed E-state index contributed by atoms with van der Waals surface area (Å²) in [6.07, 6.45) is 3.99. The summed E-state index contributed by atoms with van der Waals surface area (Å²) >= 11 is 0. The van der Waals surface area contributed by atoms with Crippen LogP contribution in [-0.4, -0.2) is 47.3 Å². The molecular formula is C20H26N6O. The van der Waals surface area contributed by atoms with Gasteiger partial charge in [0.1, 0.15) is 5.65 Å². The van der Waals surface area contributed by atoms with E-state index in [4.69, 9.17) is 0 Å². The Kier molecular flexibility index (Phi) is 4.94. The van der Waals surface area contributed by atoms with Crippen molar-refractivity contribution in [3.63, 3.8) is 0 Å².